The molecule has 3 nitrogen and oxygen atoms in total. The first-order valence-corrected chi connectivity index (χ1v) is 7.73. The molecule has 2 aromatic heterocycles. The van der Waals surface area contributed by atoms with E-state index >= 15 is 0 Å². The van der Waals surface area contributed by atoms with Crippen LogP contribution in [0.5, 0.6) is 5.75 Å². The second-order valence-corrected chi connectivity index (χ2v) is 5.82. The standard InChI is InChI=1S/C17H17BrN2O/c1-12-5-3-4-6-13(12)7-10-16-19-17(18)15-9-8-14(21-2)11-20(15)16/h3-6,8-9,11H,7,10H2,1-2H3. The van der Waals surface area contributed by atoms with E-state index in [0.717, 1.165) is 34.5 Å². The zero-order valence-electron chi connectivity index (χ0n) is 12.1. The lowest BCUT2D eigenvalue weighted by atomic mass is 10.0. The van der Waals surface area contributed by atoms with Crippen LogP contribution >= 0.6 is 15.9 Å². The van der Waals surface area contributed by atoms with E-state index in [1.165, 1.54) is 11.1 Å². The molecular formula is C17H17BrN2O. The third-order valence-corrected chi connectivity index (χ3v) is 4.34. The van der Waals surface area contributed by atoms with Gasteiger partial charge in [-0.1, -0.05) is 24.3 Å². The summed E-state index contributed by atoms with van der Waals surface area (Å²) in [6.07, 6.45) is 3.86. The molecule has 3 aromatic rings. The zero-order valence-corrected chi connectivity index (χ0v) is 13.7. The van der Waals surface area contributed by atoms with Crippen molar-refractivity contribution in [3.63, 3.8) is 0 Å². The fourth-order valence-corrected chi connectivity index (χ4v) is 3.05. The number of halogens is 1. The van der Waals surface area contributed by atoms with Gasteiger partial charge in [0.2, 0.25) is 0 Å². The largest absolute Gasteiger partial charge is 0.495 e. The van der Waals surface area contributed by atoms with Gasteiger partial charge in [0, 0.05) is 6.42 Å². The fraction of sp³-hybridized carbons (Fsp3) is 0.235. The van der Waals surface area contributed by atoms with Crippen LogP contribution in [0.4, 0.5) is 0 Å². The van der Waals surface area contributed by atoms with Gasteiger partial charge in [-0.05, 0) is 52.5 Å². The van der Waals surface area contributed by atoms with Gasteiger partial charge in [0.15, 0.2) is 0 Å². The van der Waals surface area contributed by atoms with Gasteiger partial charge >= 0.3 is 0 Å². The lowest BCUT2D eigenvalue weighted by molar-refractivity contribution is 0.412. The molecule has 108 valence electrons. The van der Waals surface area contributed by atoms with Gasteiger partial charge in [0.1, 0.15) is 16.2 Å². The Bertz CT molecular complexity index is 780. The fourth-order valence-electron chi connectivity index (χ4n) is 2.52. The summed E-state index contributed by atoms with van der Waals surface area (Å²) in [6.45, 7) is 2.15. The topological polar surface area (TPSA) is 26.5 Å². The van der Waals surface area contributed by atoms with Crippen LogP contribution in [-0.4, -0.2) is 16.5 Å². The average molecular weight is 345 g/mol. The lowest BCUT2D eigenvalue weighted by Gasteiger charge is -2.06. The maximum absolute atomic E-state index is 5.30. The number of aryl methyl sites for hydroxylation is 3. The highest BCUT2D eigenvalue weighted by atomic mass is 79.9. The first kappa shape index (κ1) is 14.1. The Labute approximate surface area is 132 Å². The highest BCUT2D eigenvalue weighted by Crippen LogP contribution is 2.23. The van der Waals surface area contributed by atoms with E-state index in [9.17, 15) is 0 Å². The van der Waals surface area contributed by atoms with Crippen LogP contribution in [0.25, 0.3) is 5.52 Å². The molecule has 0 atom stereocenters. The van der Waals surface area contributed by atoms with Crippen LogP contribution in [0.1, 0.15) is 17.0 Å². The van der Waals surface area contributed by atoms with E-state index in [1.54, 1.807) is 7.11 Å². The molecule has 0 saturated heterocycles. The monoisotopic (exact) mass is 344 g/mol. The maximum Gasteiger partial charge on any atom is 0.135 e. The number of pyridine rings is 1. The smallest absolute Gasteiger partial charge is 0.135 e. The van der Waals surface area contributed by atoms with Crippen molar-refractivity contribution in [2.45, 2.75) is 19.8 Å². The average Bonchev–Trinajstić information content (AvgIpc) is 2.82. The predicted molar refractivity (Wildman–Crippen MR) is 88.0 cm³/mol. The Morgan fingerprint density at radius 1 is 1.14 bits per heavy atom. The molecule has 0 spiro atoms. The van der Waals surface area contributed by atoms with Gasteiger partial charge in [-0.15, -0.1) is 0 Å². The molecule has 0 bridgehead atoms. The van der Waals surface area contributed by atoms with E-state index in [2.05, 4.69) is 56.5 Å². The van der Waals surface area contributed by atoms with E-state index < -0.39 is 0 Å². The van der Waals surface area contributed by atoms with Crippen molar-refractivity contribution in [1.29, 1.82) is 0 Å². The summed E-state index contributed by atoms with van der Waals surface area (Å²) in [7, 11) is 1.68. The number of methoxy groups -OCH3 is 1. The second kappa shape index (κ2) is 5.90. The van der Waals surface area contributed by atoms with Crippen molar-refractivity contribution in [2.75, 3.05) is 7.11 Å². The van der Waals surface area contributed by atoms with E-state index in [0.29, 0.717) is 0 Å². The number of benzene rings is 1. The summed E-state index contributed by atoms with van der Waals surface area (Å²) in [5.41, 5.74) is 3.76. The molecule has 0 saturated carbocycles. The second-order valence-electron chi connectivity index (χ2n) is 5.07. The van der Waals surface area contributed by atoms with Crippen molar-refractivity contribution >= 4 is 21.4 Å². The van der Waals surface area contributed by atoms with Gasteiger partial charge in [-0.2, -0.15) is 0 Å². The van der Waals surface area contributed by atoms with E-state index in [4.69, 9.17) is 4.74 Å². The van der Waals surface area contributed by atoms with Gasteiger partial charge in [0.05, 0.1) is 18.8 Å². The van der Waals surface area contributed by atoms with E-state index in [-0.39, 0.29) is 0 Å². The molecule has 0 aliphatic rings. The minimum Gasteiger partial charge on any atom is -0.495 e. The Hall–Kier alpha value is -1.81. The normalized spacial score (nSPS) is 11.0. The molecule has 1 aromatic carbocycles. The summed E-state index contributed by atoms with van der Waals surface area (Å²) in [5, 5.41) is 0. The van der Waals surface area contributed by atoms with Crippen molar-refractivity contribution in [1.82, 2.24) is 9.38 Å². The molecule has 0 N–H and O–H groups in total. The molecule has 0 aliphatic carbocycles. The number of hydrogen-bond donors (Lipinski definition) is 0. The van der Waals surface area contributed by atoms with Crippen LogP contribution in [-0.2, 0) is 12.8 Å². The molecule has 21 heavy (non-hydrogen) atoms. The number of nitrogens with zero attached hydrogens (tertiary/aromatic N) is 2. The number of ether oxygens (including phenoxy) is 1. The molecule has 0 unspecified atom stereocenters. The van der Waals surface area contributed by atoms with Gasteiger partial charge in [-0.25, -0.2) is 4.98 Å². The maximum atomic E-state index is 5.30. The van der Waals surface area contributed by atoms with Crippen molar-refractivity contribution in [3.05, 3.63) is 64.1 Å². The summed E-state index contributed by atoms with van der Waals surface area (Å²) in [6, 6.07) is 12.5. The number of hydrogen-bond acceptors (Lipinski definition) is 2. The Morgan fingerprint density at radius 3 is 2.71 bits per heavy atom. The zero-order chi connectivity index (χ0) is 14.8. The van der Waals surface area contributed by atoms with Crippen molar-refractivity contribution in [2.24, 2.45) is 0 Å². The molecule has 0 radical (unpaired) electrons. The van der Waals surface area contributed by atoms with E-state index in [1.807, 2.05) is 18.3 Å². The van der Waals surface area contributed by atoms with Crippen LogP contribution in [0, 0.1) is 6.92 Å². The predicted octanol–water partition coefficient (Wildman–Crippen LogP) is 4.20. The Kier molecular flexibility index (Phi) is 3.97. The molecule has 0 amide bonds. The minimum atomic E-state index is 0.838. The summed E-state index contributed by atoms with van der Waals surface area (Å²) in [5.74, 6) is 1.88. The van der Waals surface area contributed by atoms with Gasteiger partial charge < -0.3 is 4.74 Å². The molecule has 3 rings (SSSR count). The number of imidazole rings is 1. The molecule has 2 heterocycles. The SMILES string of the molecule is COc1ccc2c(Br)nc(CCc3ccccc3C)n2c1. The lowest BCUT2D eigenvalue weighted by Crippen LogP contribution is -1.99. The third-order valence-electron chi connectivity index (χ3n) is 3.75. The van der Waals surface area contributed by atoms with Gasteiger partial charge in [-0.3, -0.25) is 4.40 Å². The number of rotatable bonds is 4. The quantitative estimate of drug-likeness (QED) is 0.709. The molecule has 4 heteroatoms. The third kappa shape index (κ3) is 2.81. The molecule has 0 aliphatic heterocycles. The van der Waals surface area contributed by atoms with Crippen LogP contribution in [0.15, 0.2) is 47.2 Å². The van der Waals surface area contributed by atoms with Crippen molar-refractivity contribution < 1.29 is 4.74 Å². The number of fused-ring (bicyclic) bond motifs is 1. The van der Waals surface area contributed by atoms with Crippen LogP contribution in [0.3, 0.4) is 0 Å². The molecular weight excluding hydrogens is 328 g/mol. The number of aromatic nitrogens is 2. The first-order chi connectivity index (χ1) is 10.2. The Morgan fingerprint density at radius 2 is 1.95 bits per heavy atom. The van der Waals surface area contributed by atoms with Gasteiger partial charge in [0.25, 0.3) is 0 Å². The highest BCUT2D eigenvalue weighted by molar-refractivity contribution is 9.10. The summed E-state index contributed by atoms with van der Waals surface area (Å²) in [4.78, 5) is 4.63. The first-order valence-electron chi connectivity index (χ1n) is 6.94. The van der Waals surface area contributed by atoms with Crippen LogP contribution in [0.2, 0.25) is 0 Å². The summed E-state index contributed by atoms with van der Waals surface area (Å²) < 4.78 is 8.28. The highest BCUT2D eigenvalue weighted by Gasteiger charge is 2.10. The summed E-state index contributed by atoms with van der Waals surface area (Å²) >= 11 is 3.53. The molecule has 0 fully saturated rings. The minimum absolute atomic E-state index is 0.838. The Balaban J connectivity index is 1.92. The van der Waals surface area contributed by atoms with Crippen molar-refractivity contribution in [3.8, 4) is 5.75 Å². The van der Waals surface area contributed by atoms with Crippen LogP contribution < -0.4 is 4.74 Å².